The van der Waals surface area contributed by atoms with Gasteiger partial charge in [0.2, 0.25) is 0 Å². The minimum atomic E-state index is -1.72. The lowest BCUT2D eigenvalue weighted by Gasteiger charge is -2.24. The zero-order valence-corrected chi connectivity index (χ0v) is 7.85. The quantitative estimate of drug-likeness (QED) is 0.339. The van der Waals surface area contributed by atoms with Crippen LogP contribution in [0.1, 0.15) is 0 Å². The highest BCUT2D eigenvalue weighted by Crippen LogP contribution is 2.06. The summed E-state index contributed by atoms with van der Waals surface area (Å²) in [6, 6.07) is 1.58. The van der Waals surface area contributed by atoms with Crippen LogP contribution >= 0.6 is 0 Å². The van der Waals surface area contributed by atoms with Gasteiger partial charge in [-0.15, -0.1) is 0 Å². The molecule has 0 saturated carbocycles. The lowest BCUT2D eigenvalue weighted by Crippen LogP contribution is -2.47. The molecule has 0 aromatic rings. The summed E-state index contributed by atoms with van der Waals surface area (Å²) in [4.78, 5) is 10.4. The minimum Gasteiger partial charge on any atom is -0.394 e. The molecule has 0 aliphatic heterocycles. The van der Waals surface area contributed by atoms with E-state index in [1.807, 2.05) is 0 Å². The normalized spacial score (nSPS) is 18.6. The third kappa shape index (κ3) is 4.33. The highest BCUT2D eigenvalue weighted by molar-refractivity contribution is 5.57. The van der Waals surface area contributed by atoms with Gasteiger partial charge in [-0.25, -0.2) is 0 Å². The number of ether oxygens (including phenoxy) is 1. The molecular weight excluding hydrogens is 206 g/mol. The summed E-state index contributed by atoms with van der Waals surface area (Å²) >= 11 is 0. The predicted molar refractivity (Wildman–Crippen MR) is 46.5 cm³/mol. The summed E-state index contributed by atoms with van der Waals surface area (Å²) in [5.41, 5.74) is 0. The fourth-order valence-corrected chi connectivity index (χ4v) is 0.882. The van der Waals surface area contributed by atoms with Crippen LogP contribution in [0.3, 0.4) is 0 Å². The van der Waals surface area contributed by atoms with Crippen LogP contribution in [0.15, 0.2) is 0 Å². The minimum absolute atomic E-state index is 0.204. The van der Waals surface area contributed by atoms with Gasteiger partial charge in [-0.3, -0.25) is 0 Å². The predicted octanol–water partition coefficient (Wildman–Crippen LogP) is -2.83. The molecule has 4 atom stereocenters. The number of nitriles is 1. The maximum Gasteiger partial charge on any atom is 0.151 e. The highest BCUT2D eigenvalue weighted by atomic mass is 16.5. The number of aliphatic hydroxyl groups excluding tert-OH is 4. The average Bonchev–Trinajstić information content (AvgIpc) is 2.27. The van der Waals surface area contributed by atoms with Gasteiger partial charge in [0.05, 0.1) is 12.7 Å². The number of hydrogen-bond donors (Lipinski definition) is 4. The Kier molecular flexibility index (Phi) is 6.77. The van der Waals surface area contributed by atoms with Crippen LogP contribution in [0, 0.1) is 11.3 Å². The van der Waals surface area contributed by atoms with Crippen LogP contribution < -0.4 is 0 Å². The molecule has 0 fully saturated rings. The van der Waals surface area contributed by atoms with Crippen molar-refractivity contribution in [1.82, 2.24) is 0 Å². The topological polar surface area (TPSA) is 131 Å². The van der Waals surface area contributed by atoms with Gasteiger partial charge in [-0.2, -0.15) is 5.26 Å². The standard InChI is InChI=1S/C8H13NO6/c9-1-2-15-6(4-11)8(14)7(13)5(12)3-10/h4-8,10,12-14H,2-3H2/t5-,6-,7-,8-/m1/s1. The average molecular weight is 219 g/mol. The number of rotatable bonds is 7. The SMILES string of the molecule is N#CCO[C@H](C=O)[C@@H](O)[C@H](O)[C@H](O)CO. The lowest BCUT2D eigenvalue weighted by atomic mass is 10.0. The molecule has 0 saturated heterocycles. The molecule has 0 aliphatic carbocycles. The Hall–Kier alpha value is -1.04. The number of nitrogens with zero attached hydrogens (tertiary/aromatic N) is 1. The van der Waals surface area contributed by atoms with Gasteiger partial charge >= 0.3 is 0 Å². The molecule has 4 N–H and O–H groups in total. The molecule has 0 spiro atoms. The van der Waals surface area contributed by atoms with Gasteiger partial charge in [-0.1, -0.05) is 0 Å². The zero-order chi connectivity index (χ0) is 11.8. The van der Waals surface area contributed by atoms with Crippen molar-refractivity contribution >= 4 is 6.29 Å². The van der Waals surface area contributed by atoms with E-state index in [-0.39, 0.29) is 6.29 Å². The van der Waals surface area contributed by atoms with Gasteiger partial charge in [0.15, 0.2) is 6.29 Å². The third-order valence-corrected chi connectivity index (χ3v) is 1.74. The molecule has 0 aromatic heterocycles. The lowest BCUT2D eigenvalue weighted by molar-refractivity contribution is -0.143. The van der Waals surface area contributed by atoms with E-state index in [1.54, 1.807) is 6.07 Å². The first kappa shape index (κ1) is 14.0. The molecule has 0 radical (unpaired) electrons. The highest BCUT2D eigenvalue weighted by Gasteiger charge is 2.31. The van der Waals surface area contributed by atoms with Gasteiger partial charge in [0.25, 0.3) is 0 Å². The van der Waals surface area contributed by atoms with Gasteiger partial charge in [0.1, 0.15) is 31.0 Å². The molecule has 0 bridgehead atoms. The van der Waals surface area contributed by atoms with E-state index >= 15 is 0 Å². The van der Waals surface area contributed by atoms with Crippen molar-refractivity contribution in [3.05, 3.63) is 0 Å². The van der Waals surface area contributed by atoms with E-state index in [1.165, 1.54) is 0 Å². The molecule has 7 heteroatoms. The molecule has 86 valence electrons. The molecule has 15 heavy (non-hydrogen) atoms. The number of aldehydes is 1. The Bertz CT molecular complexity index is 228. The molecule has 0 amide bonds. The Morgan fingerprint density at radius 3 is 2.33 bits per heavy atom. The summed E-state index contributed by atoms with van der Waals surface area (Å²) in [7, 11) is 0. The van der Waals surface area contributed by atoms with Gasteiger partial charge in [-0.05, 0) is 0 Å². The summed E-state index contributed by atoms with van der Waals surface area (Å²) < 4.78 is 4.59. The smallest absolute Gasteiger partial charge is 0.151 e. The fraction of sp³-hybridized carbons (Fsp3) is 0.750. The molecule has 0 rings (SSSR count). The van der Waals surface area contributed by atoms with Crippen molar-refractivity contribution < 1.29 is 30.0 Å². The molecule has 0 aromatic carbocycles. The molecule has 0 heterocycles. The van der Waals surface area contributed by atoms with Crippen molar-refractivity contribution in [3.8, 4) is 6.07 Å². The summed E-state index contributed by atoms with van der Waals surface area (Å²) in [6.07, 6.45) is -6.20. The molecule has 0 unspecified atom stereocenters. The van der Waals surface area contributed by atoms with E-state index in [0.29, 0.717) is 0 Å². The van der Waals surface area contributed by atoms with Crippen molar-refractivity contribution in [2.75, 3.05) is 13.2 Å². The Balaban J connectivity index is 4.30. The van der Waals surface area contributed by atoms with Crippen molar-refractivity contribution in [2.24, 2.45) is 0 Å². The van der Waals surface area contributed by atoms with Crippen molar-refractivity contribution in [1.29, 1.82) is 5.26 Å². The number of aliphatic hydroxyl groups is 4. The molecule has 7 nitrogen and oxygen atoms in total. The van der Waals surface area contributed by atoms with E-state index in [9.17, 15) is 15.0 Å². The van der Waals surface area contributed by atoms with Crippen molar-refractivity contribution in [2.45, 2.75) is 24.4 Å². The Labute approximate surface area is 86.1 Å². The zero-order valence-electron chi connectivity index (χ0n) is 7.85. The second kappa shape index (κ2) is 7.28. The van der Waals surface area contributed by atoms with Crippen LogP contribution in [0.4, 0.5) is 0 Å². The van der Waals surface area contributed by atoms with Crippen LogP contribution in [0.2, 0.25) is 0 Å². The Morgan fingerprint density at radius 1 is 1.33 bits per heavy atom. The fourth-order valence-electron chi connectivity index (χ4n) is 0.882. The largest absolute Gasteiger partial charge is 0.394 e. The summed E-state index contributed by atoms with van der Waals surface area (Å²) in [5, 5.41) is 44.1. The van der Waals surface area contributed by atoms with Crippen LogP contribution in [-0.2, 0) is 9.53 Å². The summed E-state index contributed by atoms with van der Waals surface area (Å²) in [5.74, 6) is 0. The first-order valence-electron chi connectivity index (χ1n) is 4.17. The monoisotopic (exact) mass is 219 g/mol. The first-order valence-corrected chi connectivity index (χ1v) is 4.17. The van der Waals surface area contributed by atoms with Crippen molar-refractivity contribution in [3.63, 3.8) is 0 Å². The molecule has 0 aliphatic rings. The van der Waals surface area contributed by atoms with E-state index < -0.39 is 37.6 Å². The maximum absolute atomic E-state index is 10.4. The van der Waals surface area contributed by atoms with Crippen LogP contribution in [0.25, 0.3) is 0 Å². The summed E-state index contributed by atoms with van der Waals surface area (Å²) in [6.45, 7) is -1.19. The van der Waals surface area contributed by atoms with E-state index in [4.69, 9.17) is 15.5 Å². The second-order valence-corrected chi connectivity index (χ2v) is 2.80. The van der Waals surface area contributed by atoms with Crippen LogP contribution in [-0.4, -0.2) is 64.3 Å². The molecular formula is C8H13NO6. The number of carbonyl (C=O) groups is 1. The maximum atomic E-state index is 10.4. The number of carbonyl (C=O) groups excluding carboxylic acids is 1. The van der Waals surface area contributed by atoms with Gasteiger partial charge < -0.3 is 30.0 Å². The van der Waals surface area contributed by atoms with E-state index in [0.717, 1.165) is 0 Å². The second-order valence-electron chi connectivity index (χ2n) is 2.80. The number of hydrogen-bond acceptors (Lipinski definition) is 7. The Morgan fingerprint density at radius 2 is 1.93 bits per heavy atom. The first-order chi connectivity index (χ1) is 7.08. The van der Waals surface area contributed by atoms with Gasteiger partial charge in [0, 0.05) is 0 Å². The van der Waals surface area contributed by atoms with Crippen LogP contribution in [0.5, 0.6) is 0 Å². The van der Waals surface area contributed by atoms with E-state index in [2.05, 4.69) is 4.74 Å². The third-order valence-electron chi connectivity index (χ3n) is 1.74.